The molecule has 2 atom stereocenters. The van der Waals surface area contributed by atoms with E-state index in [1.807, 2.05) is 13.8 Å². The predicted octanol–water partition coefficient (Wildman–Crippen LogP) is 2.84. The van der Waals surface area contributed by atoms with E-state index in [2.05, 4.69) is 5.32 Å². The van der Waals surface area contributed by atoms with Crippen molar-refractivity contribution in [3.8, 4) is 0 Å². The number of benzene rings is 1. The van der Waals surface area contributed by atoms with Crippen molar-refractivity contribution < 1.29 is 14.0 Å². The fraction of sp³-hybridized carbons (Fsp3) is 0.529. The molecule has 0 radical (unpaired) electrons. The van der Waals surface area contributed by atoms with E-state index in [4.69, 9.17) is 0 Å². The number of hydrogen-bond acceptors (Lipinski definition) is 3. The van der Waals surface area contributed by atoms with Crippen LogP contribution in [0.4, 0.5) is 9.18 Å². The minimum atomic E-state index is -0.292. The summed E-state index contributed by atoms with van der Waals surface area (Å²) in [6, 6.07) is 6.10. The van der Waals surface area contributed by atoms with Gasteiger partial charge in [0.1, 0.15) is 11.2 Å². The van der Waals surface area contributed by atoms with Gasteiger partial charge in [-0.25, -0.2) is 9.18 Å². The van der Waals surface area contributed by atoms with Crippen LogP contribution in [0, 0.1) is 5.82 Å². The second kappa shape index (κ2) is 8.37. The van der Waals surface area contributed by atoms with Crippen LogP contribution < -0.4 is 5.32 Å². The summed E-state index contributed by atoms with van der Waals surface area (Å²) in [4.78, 5) is 27.7. The molecule has 1 N–H and O–H groups in total. The van der Waals surface area contributed by atoms with Gasteiger partial charge in [-0.15, -0.1) is 11.8 Å². The van der Waals surface area contributed by atoms with Crippen LogP contribution in [0.25, 0.3) is 0 Å². The highest BCUT2D eigenvalue weighted by molar-refractivity contribution is 8.01. The molecule has 7 heteroatoms. The summed E-state index contributed by atoms with van der Waals surface area (Å²) >= 11 is 1.55. The lowest BCUT2D eigenvalue weighted by Crippen LogP contribution is -2.43. The van der Waals surface area contributed by atoms with Gasteiger partial charge in [0.2, 0.25) is 5.91 Å². The number of hydrogen-bond donors (Lipinski definition) is 1. The summed E-state index contributed by atoms with van der Waals surface area (Å²) in [6.07, 6.45) is 0.880. The molecule has 132 valence electrons. The molecule has 0 spiro atoms. The largest absolute Gasteiger partial charge is 0.338 e. The first-order valence-electron chi connectivity index (χ1n) is 8.14. The molecule has 1 aliphatic heterocycles. The summed E-state index contributed by atoms with van der Waals surface area (Å²) in [6.45, 7) is 5.41. The number of nitrogens with one attached hydrogen (secondary N) is 1. The van der Waals surface area contributed by atoms with Crippen molar-refractivity contribution in [1.29, 1.82) is 0 Å². The van der Waals surface area contributed by atoms with Gasteiger partial charge in [-0.3, -0.25) is 4.79 Å². The smallest absolute Gasteiger partial charge is 0.317 e. The Kier molecular flexibility index (Phi) is 6.48. The number of carbonyl (C=O) groups excluding carboxylic acids is 2. The Bertz CT molecular complexity index is 582. The van der Waals surface area contributed by atoms with Crippen LogP contribution in [-0.4, -0.2) is 53.7 Å². The zero-order chi connectivity index (χ0) is 17.7. The highest BCUT2D eigenvalue weighted by atomic mass is 32.2. The van der Waals surface area contributed by atoms with Gasteiger partial charge >= 0.3 is 6.03 Å². The molecule has 24 heavy (non-hydrogen) atoms. The van der Waals surface area contributed by atoms with Gasteiger partial charge in [0, 0.05) is 26.7 Å². The average Bonchev–Trinajstić information content (AvgIpc) is 2.86. The number of urea groups is 1. The summed E-state index contributed by atoms with van der Waals surface area (Å²) < 4.78 is 13.1. The Hall–Kier alpha value is -1.76. The van der Waals surface area contributed by atoms with Crippen LogP contribution >= 0.6 is 11.8 Å². The summed E-state index contributed by atoms with van der Waals surface area (Å²) in [5, 5.41) is 2.54. The van der Waals surface area contributed by atoms with E-state index in [1.54, 1.807) is 40.7 Å². The molecule has 0 aliphatic carbocycles. The van der Waals surface area contributed by atoms with E-state index in [1.165, 1.54) is 12.1 Å². The van der Waals surface area contributed by atoms with Crippen LogP contribution in [0.3, 0.4) is 0 Å². The first-order valence-corrected chi connectivity index (χ1v) is 9.08. The molecule has 0 aromatic heterocycles. The molecule has 0 unspecified atom stereocenters. The Labute approximate surface area is 146 Å². The molecule has 1 aromatic carbocycles. The van der Waals surface area contributed by atoms with Gasteiger partial charge in [0.05, 0.1) is 5.25 Å². The van der Waals surface area contributed by atoms with Gasteiger partial charge in [0.15, 0.2) is 0 Å². The molecular weight excluding hydrogens is 329 g/mol. The van der Waals surface area contributed by atoms with Crippen molar-refractivity contribution in [2.45, 2.75) is 30.9 Å². The third kappa shape index (κ3) is 4.41. The number of halogens is 1. The molecule has 2 rings (SSSR count). The quantitative estimate of drug-likeness (QED) is 0.856. The molecule has 3 amide bonds. The van der Waals surface area contributed by atoms with Crippen molar-refractivity contribution in [2.75, 3.05) is 26.7 Å². The highest BCUT2D eigenvalue weighted by Crippen LogP contribution is 2.42. The van der Waals surface area contributed by atoms with E-state index in [9.17, 15) is 14.0 Å². The minimum Gasteiger partial charge on any atom is -0.338 e. The third-order valence-electron chi connectivity index (χ3n) is 3.95. The highest BCUT2D eigenvalue weighted by Gasteiger charge is 2.38. The Morgan fingerprint density at radius 3 is 2.67 bits per heavy atom. The van der Waals surface area contributed by atoms with Crippen molar-refractivity contribution >= 4 is 23.7 Å². The second-order valence-electron chi connectivity index (χ2n) is 5.87. The van der Waals surface area contributed by atoms with Crippen LogP contribution in [0.2, 0.25) is 0 Å². The molecule has 0 saturated carbocycles. The summed E-state index contributed by atoms with van der Waals surface area (Å²) in [5.41, 5.74) is 0.900. The van der Waals surface area contributed by atoms with Crippen LogP contribution in [-0.2, 0) is 4.79 Å². The van der Waals surface area contributed by atoms with E-state index in [0.717, 1.165) is 12.0 Å². The van der Waals surface area contributed by atoms with Crippen LogP contribution in [0.1, 0.15) is 31.2 Å². The SMILES string of the molecule is CCCNC(=O)N(C)CCN1C(=O)[C@H](C)S[C@H]1c1ccc(F)cc1. The molecule has 1 saturated heterocycles. The van der Waals surface area contributed by atoms with Gasteiger partial charge in [-0.1, -0.05) is 19.1 Å². The zero-order valence-electron chi connectivity index (χ0n) is 14.3. The standard InChI is InChI=1S/C17H24FN3O2S/c1-4-9-19-17(23)20(3)10-11-21-15(22)12(2)24-16(21)13-5-7-14(18)8-6-13/h5-8,12,16H,4,9-11H2,1-3H3,(H,19,23)/t12-,16-/m0/s1. The van der Waals surface area contributed by atoms with Gasteiger partial charge in [-0.2, -0.15) is 0 Å². The molecule has 0 bridgehead atoms. The number of rotatable bonds is 6. The molecule has 1 fully saturated rings. The Balaban J connectivity index is 2.01. The minimum absolute atomic E-state index is 0.0525. The maximum atomic E-state index is 13.1. The molecule has 1 aliphatic rings. The summed E-state index contributed by atoms with van der Waals surface area (Å²) in [5.74, 6) is -0.239. The number of amides is 3. The Morgan fingerprint density at radius 2 is 2.04 bits per heavy atom. The number of likely N-dealkylation sites (N-methyl/N-ethyl adjacent to an activating group) is 1. The monoisotopic (exact) mass is 353 g/mol. The van der Waals surface area contributed by atoms with Crippen LogP contribution in [0.15, 0.2) is 24.3 Å². The molecule has 1 heterocycles. The van der Waals surface area contributed by atoms with Crippen molar-refractivity contribution in [2.24, 2.45) is 0 Å². The zero-order valence-corrected chi connectivity index (χ0v) is 15.1. The maximum absolute atomic E-state index is 13.1. The topological polar surface area (TPSA) is 52.7 Å². The normalized spacial score (nSPS) is 20.3. The number of thioether (sulfide) groups is 1. The fourth-order valence-electron chi connectivity index (χ4n) is 2.51. The van der Waals surface area contributed by atoms with Gasteiger partial charge in [0.25, 0.3) is 0 Å². The van der Waals surface area contributed by atoms with E-state index >= 15 is 0 Å². The van der Waals surface area contributed by atoms with E-state index in [0.29, 0.717) is 19.6 Å². The predicted molar refractivity (Wildman–Crippen MR) is 94.2 cm³/mol. The van der Waals surface area contributed by atoms with E-state index in [-0.39, 0.29) is 28.4 Å². The lowest BCUT2D eigenvalue weighted by Gasteiger charge is -2.27. The fourth-order valence-corrected chi connectivity index (χ4v) is 3.82. The molecule has 1 aromatic rings. The third-order valence-corrected chi connectivity index (χ3v) is 5.35. The molecule has 5 nitrogen and oxygen atoms in total. The average molecular weight is 353 g/mol. The first-order chi connectivity index (χ1) is 11.4. The van der Waals surface area contributed by atoms with Crippen molar-refractivity contribution in [3.63, 3.8) is 0 Å². The summed E-state index contributed by atoms with van der Waals surface area (Å²) in [7, 11) is 1.72. The lowest BCUT2D eigenvalue weighted by molar-refractivity contribution is -0.129. The molecular formula is C17H24FN3O2S. The number of carbonyl (C=O) groups is 2. The maximum Gasteiger partial charge on any atom is 0.317 e. The number of nitrogens with zero attached hydrogens (tertiary/aromatic N) is 2. The van der Waals surface area contributed by atoms with Crippen molar-refractivity contribution in [1.82, 2.24) is 15.1 Å². The first kappa shape index (κ1) is 18.6. The van der Waals surface area contributed by atoms with E-state index < -0.39 is 0 Å². The van der Waals surface area contributed by atoms with Gasteiger partial charge in [-0.05, 0) is 31.0 Å². The van der Waals surface area contributed by atoms with Gasteiger partial charge < -0.3 is 15.1 Å². The Morgan fingerprint density at radius 1 is 1.38 bits per heavy atom. The second-order valence-corrected chi connectivity index (χ2v) is 7.29. The van der Waals surface area contributed by atoms with Crippen LogP contribution in [0.5, 0.6) is 0 Å². The lowest BCUT2D eigenvalue weighted by atomic mass is 10.2. The van der Waals surface area contributed by atoms with Crippen molar-refractivity contribution in [3.05, 3.63) is 35.6 Å².